The number of aromatic hydroxyl groups is 1. The zero-order valence-corrected chi connectivity index (χ0v) is 13.5. The van der Waals surface area contributed by atoms with E-state index in [1.54, 1.807) is 18.2 Å². The van der Waals surface area contributed by atoms with Gasteiger partial charge in [0.05, 0.1) is 17.9 Å². The predicted octanol–water partition coefficient (Wildman–Crippen LogP) is 4.46. The quantitative estimate of drug-likeness (QED) is 0.781. The molecular weight excluding hydrogens is 358 g/mol. The molecule has 0 aliphatic carbocycles. The van der Waals surface area contributed by atoms with Gasteiger partial charge in [0.1, 0.15) is 11.5 Å². The minimum atomic E-state index is -0.391. The molecule has 4 nitrogen and oxygen atoms in total. The van der Waals surface area contributed by atoms with Gasteiger partial charge in [-0.05, 0) is 43.3 Å². The summed E-state index contributed by atoms with van der Waals surface area (Å²) >= 11 is 9.18. The van der Waals surface area contributed by atoms with E-state index in [1.807, 2.05) is 6.92 Å². The average molecular weight is 371 g/mol. The van der Waals surface area contributed by atoms with Gasteiger partial charge in [-0.2, -0.15) is 0 Å². The molecule has 0 bridgehead atoms. The summed E-state index contributed by atoms with van der Waals surface area (Å²) in [5, 5.41) is 12.8. The number of carbonyl (C=O) groups excluding carboxylic acids is 1. The highest BCUT2D eigenvalue weighted by molar-refractivity contribution is 9.10. The number of phenolic OH excluding ortho intramolecular Hbond substituents is 1. The maximum absolute atomic E-state index is 12.4. The second kappa shape index (κ2) is 6.83. The summed E-state index contributed by atoms with van der Waals surface area (Å²) in [6.45, 7) is 2.29. The Labute approximate surface area is 135 Å². The first-order valence-electron chi connectivity index (χ1n) is 6.23. The van der Waals surface area contributed by atoms with Crippen molar-refractivity contribution >= 4 is 39.1 Å². The minimum Gasteiger partial charge on any atom is -0.506 e. The zero-order chi connectivity index (χ0) is 15.4. The van der Waals surface area contributed by atoms with Gasteiger partial charge in [0.25, 0.3) is 5.91 Å². The second-order valence-electron chi connectivity index (χ2n) is 4.19. The Kier molecular flexibility index (Phi) is 5.09. The molecule has 0 heterocycles. The molecule has 21 heavy (non-hydrogen) atoms. The third kappa shape index (κ3) is 3.89. The maximum atomic E-state index is 12.4. The van der Waals surface area contributed by atoms with Crippen molar-refractivity contribution in [1.82, 2.24) is 0 Å². The van der Waals surface area contributed by atoms with E-state index in [0.29, 0.717) is 22.9 Å². The van der Waals surface area contributed by atoms with Gasteiger partial charge < -0.3 is 15.2 Å². The van der Waals surface area contributed by atoms with Crippen LogP contribution in [0.15, 0.2) is 40.9 Å². The van der Waals surface area contributed by atoms with Crippen molar-refractivity contribution in [3.05, 3.63) is 51.5 Å². The van der Waals surface area contributed by atoms with Crippen molar-refractivity contribution in [2.24, 2.45) is 0 Å². The molecule has 0 spiro atoms. The largest absolute Gasteiger partial charge is 0.506 e. The van der Waals surface area contributed by atoms with Crippen LogP contribution in [0.4, 0.5) is 5.69 Å². The summed E-state index contributed by atoms with van der Waals surface area (Å²) in [6.07, 6.45) is 0. The van der Waals surface area contributed by atoms with Crippen molar-refractivity contribution in [2.75, 3.05) is 11.9 Å². The molecule has 2 aromatic rings. The van der Waals surface area contributed by atoms with Crippen LogP contribution < -0.4 is 10.1 Å². The average Bonchev–Trinajstić information content (AvgIpc) is 2.45. The number of carbonyl (C=O) groups is 1. The SMILES string of the molecule is CCOc1ccc(Br)cc1C(=O)Nc1cc(Cl)ccc1O. The lowest BCUT2D eigenvalue weighted by molar-refractivity contribution is 0.102. The highest BCUT2D eigenvalue weighted by atomic mass is 79.9. The summed E-state index contributed by atoms with van der Waals surface area (Å²) < 4.78 is 6.19. The molecule has 0 atom stereocenters. The molecule has 2 rings (SSSR count). The van der Waals surface area contributed by atoms with Crippen LogP contribution in [0.5, 0.6) is 11.5 Å². The minimum absolute atomic E-state index is 0.0549. The molecular formula is C15H13BrClNO3. The molecule has 1 amide bonds. The van der Waals surface area contributed by atoms with E-state index in [1.165, 1.54) is 18.2 Å². The number of anilines is 1. The summed E-state index contributed by atoms with van der Waals surface area (Å²) in [4.78, 5) is 12.4. The van der Waals surface area contributed by atoms with E-state index in [4.69, 9.17) is 16.3 Å². The number of ether oxygens (including phenoxy) is 1. The molecule has 0 saturated carbocycles. The fraction of sp³-hybridized carbons (Fsp3) is 0.133. The summed E-state index contributed by atoms with van der Waals surface area (Å²) in [5.74, 6) is 0.0257. The first-order valence-corrected chi connectivity index (χ1v) is 7.40. The number of amides is 1. The zero-order valence-electron chi connectivity index (χ0n) is 11.2. The van der Waals surface area contributed by atoms with E-state index in [9.17, 15) is 9.90 Å². The molecule has 0 saturated heterocycles. The summed E-state index contributed by atoms with van der Waals surface area (Å²) in [7, 11) is 0. The van der Waals surface area contributed by atoms with Gasteiger partial charge in [0.2, 0.25) is 0 Å². The van der Waals surface area contributed by atoms with Gasteiger partial charge in [-0.3, -0.25) is 4.79 Å². The molecule has 0 aliphatic heterocycles. The number of benzene rings is 2. The fourth-order valence-corrected chi connectivity index (χ4v) is 2.29. The van der Waals surface area contributed by atoms with Crippen LogP contribution in [0, 0.1) is 0 Å². The first kappa shape index (κ1) is 15.7. The summed E-state index contributed by atoms with van der Waals surface area (Å²) in [6, 6.07) is 9.59. The Morgan fingerprint density at radius 1 is 1.33 bits per heavy atom. The fourth-order valence-electron chi connectivity index (χ4n) is 1.76. The Bertz CT molecular complexity index is 676. The van der Waals surface area contributed by atoms with Crippen molar-refractivity contribution in [3.63, 3.8) is 0 Å². The number of phenols is 1. The number of nitrogens with one attached hydrogen (secondary N) is 1. The monoisotopic (exact) mass is 369 g/mol. The predicted molar refractivity (Wildman–Crippen MR) is 86.4 cm³/mol. The molecule has 6 heteroatoms. The van der Waals surface area contributed by atoms with Crippen LogP contribution >= 0.6 is 27.5 Å². The Morgan fingerprint density at radius 3 is 2.81 bits per heavy atom. The van der Waals surface area contributed by atoms with Gasteiger partial charge in [-0.15, -0.1) is 0 Å². The van der Waals surface area contributed by atoms with Gasteiger partial charge in [-0.1, -0.05) is 27.5 Å². The normalized spacial score (nSPS) is 10.2. The van der Waals surface area contributed by atoms with Gasteiger partial charge >= 0.3 is 0 Å². The van der Waals surface area contributed by atoms with Gasteiger partial charge in [0.15, 0.2) is 0 Å². The van der Waals surface area contributed by atoms with Gasteiger partial charge in [-0.25, -0.2) is 0 Å². The van der Waals surface area contributed by atoms with Crippen LogP contribution in [0.2, 0.25) is 5.02 Å². The smallest absolute Gasteiger partial charge is 0.259 e. The Hall–Kier alpha value is -1.72. The van der Waals surface area contributed by atoms with E-state index in [-0.39, 0.29) is 11.4 Å². The molecule has 2 N–H and O–H groups in total. The maximum Gasteiger partial charge on any atom is 0.259 e. The Balaban J connectivity index is 2.31. The van der Waals surface area contributed by atoms with Crippen LogP contribution in [0.25, 0.3) is 0 Å². The molecule has 0 radical (unpaired) electrons. The highest BCUT2D eigenvalue weighted by Gasteiger charge is 2.15. The van der Waals surface area contributed by atoms with Crippen molar-refractivity contribution in [1.29, 1.82) is 0 Å². The van der Waals surface area contributed by atoms with Crippen LogP contribution in [0.1, 0.15) is 17.3 Å². The standard InChI is InChI=1S/C15H13BrClNO3/c1-2-21-14-6-3-9(16)7-11(14)15(20)18-12-8-10(17)4-5-13(12)19/h3-8,19H,2H2,1H3,(H,18,20). The number of rotatable bonds is 4. The molecule has 0 aliphatic rings. The number of halogens is 2. The molecule has 0 unspecified atom stereocenters. The van der Waals surface area contributed by atoms with Crippen molar-refractivity contribution in [2.45, 2.75) is 6.92 Å². The topological polar surface area (TPSA) is 58.6 Å². The summed E-state index contributed by atoms with van der Waals surface area (Å²) in [5.41, 5.74) is 0.612. The molecule has 110 valence electrons. The first-order chi connectivity index (χ1) is 10.0. The van der Waals surface area contributed by atoms with Gasteiger partial charge in [0, 0.05) is 9.50 Å². The van der Waals surface area contributed by atoms with Crippen LogP contribution in [0.3, 0.4) is 0 Å². The van der Waals surface area contributed by atoms with E-state index < -0.39 is 5.91 Å². The highest BCUT2D eigenvalue weighted by Crippen LogP contribution is 2.29. The van der Waals surface area contributed by atoms with Crippen LogP contribution in [-0.2, 0) is 0 Å². The molecule has 0 fully saturated rings. The number of hydrogen-bond acceptors (Lipinski definition) is 3. The van der Waals surface area contributed by atoms with E-state index in [2.05, 4.69) is 21.2 Å². The number of hydrogen-bond donors (Lipinski definition) is 2. The second-order valence-corrected chi connectivity index (χ2v) is 5.54. The van der Waals surface area contributed by atoms with E-state index in [0.717, 1.165) is 4.47 Å². The van der Waals surface area contributed by atoms with Crippen molar-refractivity contribution in [3.8, 4) is 11.5 Å². The third-order valence-electron chi connectivity index (χ3n) is 2.69. The molecule has 2 aromatic carbocycles. The van der Waals surface area contributed by atoms with E-state index >= 15 is 0 Å². The third-order valence-corrected chi connectivity index (χ3v) is 3.42. The molecule has 0 aromatic heterocycles. The lowest BCUT2D eigenvalue weighted by atomic mass is 10.1. The van der Waals surface area contributed by atoms with Crippen molar-refractivity contribution < 1.29 is 14.6 Å². The Morgan fingerprint density at radius 2 is 2.10 bits per heavy atom. The van der Waals surface area contributed by atoms with Crippen LogP contribution in [-0.4, -0.2) is 17.6 Å². The lowest BCUT2D eigenvalue weighted by Gasteiger charge is -2.12. The lowest BCUT2D eigenvalue weighted by Crippen LogP contribution is -2.14.